The van der Waals surface area contributed by atoms with Gasteiger partial charge in [0.15, 0.2) is 22.9 Å². The van der Waals surface area contributed by atoms with Crippen LogP contribution in [0.2, 0.25) is 10.0 Å². The summed E-state index contributed by atoms with van der Waals surface area (Å²) in [6, 6.07) is 11.9. The first kappa shape index (κ1) is 26.1. The maximum absolute atomic E-state index is 13.8. The van der Waals surface area contributed by atoms with E-state index in [1.54, 1.807) is 24.4 Å². The molecule has 0 aliphatic rings. The third-order valence-corrected chi connectivity index (χ3v) is 6.69. The molecule has 194 valence electrons. The van der Waals surface area contributed by atoms with Crippen LogP contribution < -0.4 is 5.32 Å². The number of amides is 1. The van der Waals surface area contributed by atoms with E-state index in [2.05, 4.69) is 36.4 Å². The number of hydrogen-bond acceptors (Lipinski definition) is 4. The monoisotopic (exact) mass is 626 g/mol. The van der Waals surface area contributed by atoms with E-state index < -0.39 is 23.6 Å². The molecule has 0 spiro atoms. The van der Waals surface area contributed by atoms with E-state index in [-0.39, 0.29) is 28.4 Å². The normalized spacial score (nSPS) is 11.8. The first-order valence-electron chi connectivity index (χ1n) is 10.7. The Morgan fingerprint density at radius 2 is 1.74 bits per heavy atom. The second-order valence-electron chi connectivity index (χ2n) is 8.06. The fraction of sp³-hybridized carbons (Fsp3) is 0.0833. The van der Waals surface area contributed by atoms with Gasteiger partial charge in [-0.15, -0.1) is 0 Å². The Bertz CT molecular complexity index is 1680. The minimum atomic E-state index is -4.80. The number of anilines is 1. The third-order valence-electron chi connectivity index (χ3n) is 5.37. The number of carbonyl (C=O) groups excluding carboxylic acids is 1. The van der Waals surface area contributed by atoms with Crippen LogP contribution in [0.1, 0.15) is 21.7 Å². The van der Waals surface area contributed by atoms with Crippen LogP contribution in [0.5, 0.6) is 0 Å². The molecule has 3 aromatic heterocycles. The summed E-state index contributed by atoms with van der Waals surface area (Å²) in [6.45, 7) is 0.310. The molecule has 0 bridgehead atoms. The third kappa shape index (κ3) is 5.38. The lowest BCUT2D eigenvalue weighted by Gasteiger charge is -2.11. The van der Waals surface area contributed by atoms with Crippen LogP contribution in [0, 0.1) is 5.82 Å². The number of nitrogens with one attached hydrogen (secondary N) is 1. The fourth-order valence-corrected chi connectivity index (χ4v) is 4.35. The SMILES string of the molecule is O=C(Nc1nn(Cc2ccc(Cl)c(Cl)c2)cc1Br)c1cc2nc(-c3ccc(F)cc3)cc(C(F)(F)F)n2n1. The number of benzene rings is 2. The fourth-order valence-electron chi connectivity index (χ4n) is 3.62. The van der Waals surface area contributed by atoms with Gasteiger partial charge in [0.05, 0.1) is 26.8 Å². The highest BCUT2D eigenvalue weighted by atomic mass is 79.9. The first-order chi connectivity index (χ1) is 18.0. The lowest BCUT2D eigenvalue weighted by molar-refractivity contribution is -0.142. The molecule has 0 unspecified atom stereocenters. The summed E-state index contributed by atoms with van der Waals surface area (Å²) in [5, 5.41) is 11.4. The molecular weight excluding hydrogens is 615 g/mol. The number of rotatable bonds is 5. The van der Waals surface area contributed by atoms with E-state index in [1.165, 1.54) is 16.8 Å². The molecule has 0 fully saturated rings. The molecule has 0 radical (unpaired) electrons. The largest absolute Gasteiger partial charge is 0.433 e. The summed E-state index contributed by atoms with van der Waals surface area (Å²) in [5.74, 6) is -1.21. The molecule has 0 aliphatic carbocycles. The van der Waals surface area contributed by atoms with Gasteiger partial charge < -0.3 is 5.32 Å². The molecule has 2 aromatic carbocycles. The number of hydrogen-bond donors (Lipinski definition) is 1. The van der Waals surface area contributed by atoms with Gasteiger partial charge in [-0.25, -0.2) is 13.9 Å². The second kappa shape index (κ2) is 10.0. The van der Waals surface area contributed by atoms with Crippen molar-refractivity contribution in [3.8, 4) is 11.3 Å². The zero-order chi connectivity index (χ0) is 27.2. The number of alkyl halides is 3. The average molecular weight is 628 g/mol. The topological polar surface area (TPSA) is 77.1 Å². The maximum Gasteiger partial charge on any atom is 0.433 e. The molecule has 14 heteroatoms. The second-order valence-corrected chi connectivity index (χ2v) is 9.73. The van der Waals surface area contributed by atoms with E-state index in [1.807, 2.05) is 0 Å². The Balaban J connectivity index is 1.44. The quantitative estimate of drug-likeness (QED) is 0.211. The molecule has 1 N–H and O–H groups in total. The zero-order valence-electron chi connectivity index (χ0n) is 18.8. The lowest BCUT2D eigenvalue weighted by atomic mass is 10.1. The predicted molar refractivity (Wildman–Crippen MR) is 137 cm³/mol. The van der Waals surface area contributed by atoms with Gasteiger partial charge in [0, 0.05) is 17.8 Å². The number of nitrogens with zero attached hydrogens (tertiary/aromatic N) is 5. The van der Waals surface area contributed by atoms with Crippen LogP contribution in [-0.2, 0) is 12.7 Å². The summed E-state index contributed by atoms with van der Waals surface area (Å²) >= 11 is 15.3. The van der Waals surface area contributed by atoms with Crippen molar-refractivity contribution in [2.75, 3.05) is 5.32 Å². The van der Waals surface area contributed by atoms with Crippen LogP contribution in [0.15, 0.2) is 65.3 Å². The summed E-state index contributed by atoms with van der Waals surface area (Å²) in [4.78, 5) is 17.1. The molecule has 0 atom stereocenters. The number of halogens is 7. The molecule has 0 saturated carbocycles. The van der Waals surface area contributed by atoms with Crippen LogP contribution in [0.3, 0.4) is 0 Å². The van der Waals surface area contributed by atoms with E-state index in [0.717, 1.165) is 29.8 Å². The van der Waals surface area contributed by atoms with Crippen molar-refractivity contribution in [1.29, 1.82) is 0 Å². The standard InChI is InChI=1S/C24H13BrCl2F4N6O/c25-15-11-36(10-12-1-6-16(26)17(27)7-12)35-22(15)33-23(38)19-9-21-32-18(13-2-4-14(28)5-3-13)8-20(24(29,30)31)37(21)34-19/h1-9,11H,10H2,(H,33,35,38). The highest BCUT2D eigenvalue weighted by molar-refractivity contribution is 9.10. The molecular formula is C24H13BrCl2F4N6O. The van der Waals surface area contributed by atoms with Crippen molar-refractivity contribution >= 4 is 56.5 Å². The van der Waals surface area contributed by atoms with Gasteiger partial charge in [-0.3, -0.25) is 9.48 Å². The molecule has 38 heavy (non-hydrogen) atoms. The number of carbonyl (C=O) groups is 1. The van der Waals surface area contributed by atoms with E-state index in [9.17, 15) is 22.4 Å². The van der Waals surface area contributed by atoms with Gasteiger partial charge in [0.25, 0.3) is 5.91 Å². The maximum atomic E-state index is 13.8. The average Bonchev–Trinajstić information content (AvgIpc) is 3.43. The number of fused-ring (bicyclic) bond motifs is 1. The Morgan fingerprint density at radius 3 is 2.42 bits per heavy atom. The van der Waals surface area contributed by atoms with Gasteiger partial charge in [-0.05, 0) is 64.0 Å². The Morgan fingerprint density at radius 1 is 1.00 bits per heavy atom. The van der Waals surface area contributed by atoms with Crippen LogP contribution in [0.4, 0.5) is 23.4 Å². The van der Waals surface area contributed by atoms with E-state index in [0.29, 0.717) is 25.6 Å². The van der Waals surface area contributed by atoms with Crippen LogP contribution in [-0.4, -0.2) is 30.3 Å². The van der Waals surface area contributed by atoms with Crippen molar-refractivity contribution in [2.45, 2.75) is 12.7 Å². The minimum Gasteiger partial charge on any atom is -0.303 e. The van der Waals surface area contributed by atoms with Crippen LogP contribution in [0.25, 0.3) is 16.9 Å². The summed E-state index contributed by atoms with van der Waals surface area (Å²) < 4.78 is 57.3. The Kier molecular flexibility index (Phi) is 6.88. The van der Waals surface area contributed by atoms with Crippen LogP contribution >= 0.6 is 39.1 Å². The Hall–Kier alpha value is -3.48. The molecule has 5 rings (SSSR count). The Labute approximate surface area is 230 Å². The van der Waals surface area contributed by atoms with Crippen molar-refractivity contribution < 1.29 is 22.4 Å². The minimum absolute atomic E-state index is 0.0551. The van der Waals surface area contributed by atoms with Gasteiger partial charge in [-0.1, -0.05) is 29.3 Å². The van der Waals surface area contributed by atoms with Crippen molar-refractivity contribution in [1.82, 2.24) is 24.4 Å². The predicted octanol–water partition coefficient (Wildman–Crippen LogP) is 7.12. The number of aromatic nitrogens is 5. The molecule has 0 aliphatic heterocycles. The van der Waals surface area contributed by atoms with Crippen molar-refractivity contribution in [3.63, 3.8) is 0 Å². The van der Waals surface area contributed by atoms with Gasteiger partial charge in [0.2, 0.25) is 0 Å². The first-order valence-corrected chi connectivity index (χ1v) is 12.2. The van der Waals surface area contributed by atoms with E-state index >= 15 is 0 Å². The van der Waals surface area contributed by atoms with E-state index in [4.69, 9.17) is 23.2 Å². The highest BCUT2D eigenvalue weighted by Gasteiger charge is 2.35. The molecule has 0 saturated heterocycles. The lowest BCUT2D eigenvalue weighted by Crippen LogP contribution is -2.16. The van der Waals surface area contributed by atoms with Gasteiger partial charge >= 0.3 is 6.18 Å². The zero-order valence-corrected chi connectivity index (χ0v) is 21.9. The van der Waals surface area contributed by atoms with Gasteiger partial charge in [-0.2, -0.15) is 23.4 Å². The van der Waals surface area contributed by atoms with Crippen molar-refractivity contribution in [2.24, 2.45) is 0 Å². The molecule has 1 amide bonds. The summed E-state index contributed by atoms with van der Waals surface area (Å²) in [6.07, 6.45) is -3.19. The molecule has 5 aromatic rings. The van der Waals surface area contributed by atoms with Crippen molar-refractivity contribution in [3.05, 3.63) is 98.1 Å². The smallest absolute Gasteiger partial charge is 0.303 e. The van der Waals surface area contributed by atoms with Gasteiger partial charge in [0.1, 0.15) is 5.82 Å². The summed E-state index contributed by atoms with van der Waals surface area (Å²) in [5.41, 5.74) is -0.662. The summed E-state index contributed by atoms with van der Waals surface area (Å²) in [7, 11) is 0. The molecule has 3 heterocycles. The highest BCUT2D eigenvalue weighted by Crippen LogP contribution is 2.32. The molecule has 7 nitrogen and oxygen atoms in total.